The fourth-order valence-corrected chi connectivity index (χ4v) is 5.26. The van der Waals surface area contributed by atoms with Crippen molar-refractivity contribution < 1.29 is 23.1 Å². The van der Waals surface area contributed by atoms with Crippen molar-refractivity contribution >= 4 is 39.4 Å². The molecule has 1 aromatic heterocycles. The van der Waals surface area contributed by atoms with E-state index in [1.807, 2.05) is 39.8 Å². The third-order valence-corrected chi connectivity index (χ3v) is 7.50. The van der Waals surface area contributed by atoms with E-state index < -0.39 is 16.0 Å². The lowest BCUT2D eigenvalue weighted by atomic mass is 10.1. The normalized spacial score (nSPS) is 11.7. The molecule has 1 N–H and O–H groups in total. The summed E-state index contributed by atoms with van der Waals surface area (Å²) in [5.41, 5.74) is 3.63. The number of sulfonamides is 1. The fourth-order valence-electron chi connectivity index (χ4n) is 3.54. The van der Waals surface area contributed by atoms with Crippen LogP contribution in [0.4, 0.5) is 5.69 Å². The Labute approximate surface area is 217 Å². The Morgan fingerprint density at radius 3 is 2.50 bits per heavy atom. The second kappa shape index (κ2) is 11.6. The van der Waals surface area contributed by atoms with E-state index in [0.717, 1.165) is 28.3 Å². The van der Waals surface area contributed by atoms with Crippen molar-refractivity contribution in [3.63, 3.8) is 0 Å². The Balaban J connectivity index is 2.00. The van der Waals surface area contributed by atoms with Gasteiger partial charge < -0.3 is 9.84 Å². The molecule has 0 atom stereocenters. The van der Waals surface area contributed by atoms with Crippen LogP contribution < -0.4 is 9.04 Å². The summed E-state index contributed by atoms with van der Waals surface area (Å²) in [5, 5.41) is 9.24. The predicted molar refractivity (Wildman–Crippen MR) is 142 cm³/mol. The van der Waals surface area contributed by atoms with Crippen molar-refractivity contribution in [3.05, 3.63) is 88.1 Å². The summed E-state index contributed by atoms with van der Waals surface area (Å²) in [6, 6.07) is 13.6. The topological polar surface area (TPSA) is 96.8 Å². The van der Waals surface area contributed by atoms with E-state index in [2.05, 4.69) is 4.98 Å². The number of nitrogens with zero attached hydrogens (tertiary/aromatic N) is 2. The average molecular weight is 529 g/mol. The second-order valence-electron chi connectivity index (χ2n) is 8.81. The fraction of sp³-hybridized carbons (Fsp3) is 0.259. The van der Waals surface area contributed by atoms with Crippen LogP contribution in [0.25, 0.3) is 6.08 Å². The van der Waals surface area contributed by atoms with Gasteiger partial charge in [0.15, 0.2) is 5.03 Å². The first-order chi connectivity index (χ1) is 17.0. The number of ether oxygens (including phenoxy) is 1. The number of carboxylic acid groups (broad SMARTS) is 1. The summed E-state index contributed by atoms with van der Waals surface area (Å²) in [5.74, 6) is -0.656. The standard InChI is InChI=1S/C27H29ClN2O5S/c1-18(2)16-30(36(33,34)26-7-5-6-12-29-26)24-14-20(4)23(28)15-25(24)35-17-22-10-8-21(13-19(22)3)9-11-27(31)32/h5-15,18H,16-17H2,1-4H3,(H,31,32). The first kappa shape index (κ1) is 27.2. The molecule has 36 heavy (non-hydrogen) atoms. The first-order valence-electron chi connectivity index (χ1n) is 11.4. The maximum atomic E-state index is 13.6. The molecule has 190 valence electrons. The van der Waals surface area contributed by atoms with Gasteiger partial charge in [0.25, 0.3) is 10.0 Å². The Kier molecular flexibility index (Phi) is 8.76. The predicted octanol–water partition coefficient (Wildman–Crippen LogP) is 5.88. The molecule has 0 unspecified atom stereocenters. The molecule has 0 radical (unpaired) electrons. The van der Waals surface area contributed by atoms with Crippen molar-refractivity contribution in [2.45, 2.75) is 39.3 Å². The molecular weight excluding hydrogens is 500 g/mol. The van der Waals surface area contributed by atoms with Crippen LogP contribution in [0, 0.1) is 19.8 Å². The number of aromatic nitrogens is 1. The van der Waals surface area contributed by atoms with Crippen molar-refractivity contribution in [2.75, 3.05) is 10.8 Å². The molecule has 0 aliphatic carbocycles. The van der Waals surface area contributed by atoms with Gasteiger partial charge in [-0.05, 0) is 66.3 Å². The van der Waals surface area contributed by atoms with Crippen LogP contribution >= 0.6 is 11.6 Å². The van der Waals surface area contributed by atoms with Gasteiger partial charge in [0, 0.05) is 29.9 Å². The van der Waals surface area contributed by atoms with E-state index in [-0.39, 0.29) is 24.1 Å². The van der Waals surface area contributed by atoms with Crippen LogP contribution in [0.3, 0.4) is 0 Å². The second-order valence-corrected chi connectivity index (χ2v) is 11.0. The van der Waals surface area contributed by atoms with Gasteiger partial charge in [0.2, 0.25) is 0 Å². The number of carbonyl (C=O) groups is 1. The van der Waals surface area contributed by atoms with Crippen molar-refractivity contribution in [1.82, 2.24) is 4.98 Å². The van der Waals surface area contributed by atoms with Gasteiger partial charge in [0.1, 0.15) is 12.4 Å². The van der Waals surface area contributed by atoms with E-state index in [9.17, 15) is 13.2 Å². The number of anilines is 1. The Hall–Kier alpha value is -3.36. The number of rotatable bonds is 10. The zero-order valence-corrected chi connectivity index (χ0v) is 22.2. The van der Waals surface area contributed by atoms with Gasteiger partial charge in [-0.2, -0.15) is 8.42 Å². The molecule has 0 saturated carbocycles. The lowest BCUT2D eigenvalue weighted by Gasteiger charge is -2.28. The molecule has 2 aromatic carbocycles. The summed E-state index contributed by atoms with van der Waals surface area (Å²) in [7, 11) is -3.97. The number of aliphatic carboxylic acids is 1. The van der Waals surface area contributed by atoms with Crippen LogP contribution in [0.2, 0.25) is 5.02 Å². The van der Waals surface area contributed by atoms with Crippen LogP contribution in [0.15, 0.2) is 65.8 Å². The van der Waals surface area contributed by atoms with Gasteiger partial charge in [-0.25, -0.2) is 9.78 Å². The minimum absolute atomic E-state index is 0.0287. The summed E-state index contributed by atoms with van der Waals surface area (Å²) in [6.07, 6.45) is 4.05. The van der Waals surface area contributed by atoms with Crippen LogP contribution in [0.1, 0.15) is 36.1 Å². The van der Waals surface area contributed by atoms with Crippen LogP contribution in [-0.4, -0.2) is 31.0 Å². The summed E-state index contributed by atoms with van der Waals surface area (Å²) in [6.45, 7) is 7.97. The summed E-state index contributed by atoms with van der Waals surface area (Å²) < 4.78 is 34.7. The third-order valence-electron chi connectivity index (χ3n) is 5.40. The molecule has 0 aliphatic heterocycles. The van der Waals surface area contributed by atoms with Gasteiger partial charge in [-0.15, -0.1) is 0 Å². The van der Waals surface area contributed by atoms with Gasteiger partial charge in [-0.1, -0.05) is 49.7 Å². The smallest absolute Gasteiger partial charge is 0.328 e. The molecule has 0 bridgehead atoms. The van der Waals surface area contributed by atoms with Crippen molar-refractivity contribution in [2.24, 2.45) is 5.92 Å². The SMILES string of the molecule is Cc1cc(N(CC(C)C)S(=O)(=O)c2ccccn2)c(OCc2ccc(C=CC(=O)O)cc2C)cc1Cl. The molecule has 9 heteroatoms. The van der Waals surface area contributed by atoms with Gasteiger partial charge >= 0.3 is 5.97 Å². The molecule has 0 aliphatic rings. The highest BCUT2D eigenvalue weighted by Crippen LogP contribution is 2.37. The van der Waals surface area contributed by atoms with E-state index in [1.54, 1.807) is 30.3 Å². The summed E-state index contributed by atoms with van der Waals surface area (Å²) >= 11 is 6.41. The number of benzene rings is 2. The molecule has 3 rings (SSSR count). The van der Waals surface area contributed by atoms with E-state index in [0.29, 0.717) is 16.5 Å². The Bertz CT molecular complexity index is 1370. The van der Waals surface area contributed by atoms with E-state index in [1.165, 1.54) is 22.6 Å². The number of pyridine rings is 1. The highest BCUT2D eigenvalue weighted by molar-refractivity contribution is 7.92. The third kappa shape index (κ3) is 6.65. The van der Waals surface area contributed by atoms with Crippen molar-refractivity contribution in [3.8, 4) is 5.75 Å². The molecule has 3 aromatic rings. The Morgan fingerprint density at radius 1 is 1.14 bits per heavy atom. The number of hydrogen-bond donors (Lipinski definition) is 1. The van der Waals surface area contributed by atoms with Gasteiger partial charge in [-0.3, -0.25) is 4.31 Å². The van der Waals surface area contributed by atoms with E-state index >= 15 is 0 Å². The van der Waals surface area contributed by atoms with Crippen molar-refractivity contribution in [1.29, 1.82) is 0 Å². The quantitative estimate of drug-likeness (QED) is 0.330. The molecule has 0 amide bonds. The molecule has 1 heterocycles. The molecule has 0 fully saturated rings. The first-order valence-corrected chi connectivity index (χ1v) is 13.2. The summed E-state index contributed by atoms with van der Waals surface area (Å²) in [4.78, 5) is 14.9. The number of hydrogen-bond acceptors (Lipinski definition) is 5. The largest absolute Gasteiger partial charge is 0.487 e. The lowest BCUT2D eigenvalue weighted by molar-refractivity contribution is -0.131. The zero-order chi connectivity index (χ0) is 26.5. The van der Waals surface area contributed by atoms with Crippen LogP contribution in [-0.2, 0) is 21.4 Å². The maximum Gasteiger partial charge on any atom is 0.328 e. The minimum atomic E-state index is -3.97. The Morgan fingerprint density at radius 2 is 1.89 bits per heavy atom. The number of aryl methyl sites for hydroxylation is 2. The van der Waals surface area contributed by atoms with Gasteiger partial charge in [0.05, 0.1) is 5.69 Å². The maximum absolute atomic E-state index is 13.6. The number of halogens is 1. The highest BCUT2D eigenvalue weighted by Gasteiger charge is 2.30. The average Bonchev–Trinajstić information content (AvgIpc) is 2.83. The lowest BCUT2D eigenvalue weighted by Crippen LogP contribution is -2.35. The zero-order valence-electron chi connectivity index (χ0n) is 20.6. The molecule has 0 spiro atoms. The molecule has 0 saturated heterocycles. The number of carboxylic acids is 1. The monoisotopic (exact) mass is 528 g/mol. The van der Waals surface area contributed by atoms with Crippen LogP contribution in [0.5, 0.6) is 5.75 Å². The molecular formula is C27H29ClN2O5S. The minimum Gasteiger partial charge on any atom is -0.487 e. The molecule has 7 nitrogen and oxygen atoms in total. The van der Waals surface area contributed by atoms with E-state index in [4.69, 9.17) is 21.4 Å². The highest BCUT2D eigenvalue weighted by atomic mass is 35.5.